The van der Waals surface area contributed by atoms with Crippen LogP contribution in [0.3, 0.4) is 0 Å². The van der Waals surface area contributed by atoms with Gasteiger partial charge in [0.15, 0.2) is 11.5 Å². The molecule has 1 aliphatic rings. The summed E-state index contributed by atoms with van der Waals surface area (Å²) < 4.78 is 5.68. The first-order valence-corrected chi connectivity index (χ1v) is 9.49. The molecule has 0 saturated carbocycles. The molecule has 1 fully saturated rings. The molecule has 0 spiro atoms. The Morgan fingerprint density at radius 1 is 1.21 bits per heavy atom. The number of benzene rings is 1. The van der Waals surface area contributed by atoms with Crippen molar-refractivity contribution >= 4 is 22.9 Å². The van der Waals surface area contributed by atoms with Gasteiger partial charge in [-0.25, -0.2) is 4.98 Å². The molecule has 2 amide bonds. The van der Waals surface area contributed by atoms with E-state index in [1.165, 1.54) is 0 Å². The van der Waals surface area contributed by atoms with E-state index in [9.17, 15) is 9.59 Å². The minimum absolute atomic E-state index is 0.00252. The van der Waals surface area contributed by atoms with Gasteiger partial charge < -0.3 is 14.6 Å². The topological polar surface area (TPSA) is 88.3 Å². The van der Waals surface area contributed by atoms with Crippen molar-refractivity contribution in [3.8, 4) is 0 Å². The maximum absolute atomic E-state index is 12.4. The first-order valence-electron chi connectivity index (χ1n) is 9.49. The van der Waals surface area contributed by atoms with Gasteiger partial charge in [-0.2, -0.15) is 0 Å². The number of hydrogen-bond acceptors (Lipinski definition) is 5. The van der Waals surface area contributed by atoms with Crippen LogP contribution in [-0.4, -0.2) is 39.8 Å². The van der Waals surface area contributed by atoms with Gasteiger partial charge in [-0.3, -0.25) is 14.6 Å². The molecule has 0 bridgehead atoms. The lowest BCUT2D eigenvalue weighted by Gasteiger charge is -2.16. The number of para-hydroxylation sites is 2. The summed E-state index contributed by atoms with van der Waals surface area (Å²) in [5, 5.41) is 2.93. The van der Waals surface area contributed by atoms with Crippen LogP contribution in [0.15, 0.2) is 53.1 Å². The highest BCUT2D eigenvalue weighted by Gasteiger charge is 2.34. The van der Waals surface area contributed by atoms with Crippen molar-refractivity contribution in [3.63, 3.8) is 0 Å². The van der Waals surface area contributed by atoms with Crippen molar-refractivity contribution in [2.75, 3.05) is 13.1 Å². The summed E-state index contributed by atoms with van der Waals surface area (Å²) in [6.07, 6.45) is 3.35. The summed E-state index contributed by atoms with van der Waals surface area (Å²) in [4.78, 5) is 35.0. The smallest absolute Gasteiger partial charge is 0.225 e. The number of hydrogen-bond donors (Lipinski definition) is 1. The SMILES string of the molecule is O=C(NCCCc1nc2ccccc2o1)[C@@H]1CC(=O)N(Cc2ccccn2)C1. The van der Waals surface area contributed by atoms with Crippen LogP contribution in [0, 0.1) is 5.92 Å². The molecular formula is C21H22N4O3. The largest absolute Gasteiger partial charge is 0.441 e. The third kappa shape index (κ3) is 4.19. The number of amides is 2. The van der Waals surface area contributed by atoms with Crippen molar-refractivity contribution in [3.05, 3.63) is 60.2 Å². The molecule has 3 heterocycles. The van der Waals surface area contributed by atoms with E-state index in [-0.39, 0.29) is 24.2 Å². The zero-order chi connectivity index (χ0) is 19.3. The Labute approximate surface area is 162 Å². The van der Waals surface area contributed by atoms with E-state index in [0.717, 1.165) is 23.2 Å². The monoisotopic (exact) mass is 378 g/mol. The van der Waals surface area contributed by atoms with E-state index in [1.54, 1.807) is 11.1 Å². The Morgan fingerprint density at radius 2 is 2.07 bits per heavy atom. The fourth-order valence-corrected chi connectivity index (χ4v) is 3.41. The molecule has 1 N–H and O–H groups in total. The van der Waals surface area contributed by atoms with Crippen LogP contribution < -0.4 is 5.32 Å². The number of carbonyl (C=O) groups excluding carboxylic acids is 2. The van der Waals surface area contributed by atoms with Gasteiger partial charge in [-0.15, -0.1) is 0 Å². The Kier molecular flexibility index (Phi) is 5.32. The van der Waals surface area contributed by atoms with E-state index >= 15 is 0 Å². The molecule has 28 heavy (non-hydrogen) atoms. The van der Waals surface area contributed by atoms with E-state index < -0.39 is 0 Å². The highest BCUT2D eigenvalue weighted by molar-refractivity contribution is 5.89. The Balaban J connectivity index is 1.22. The Bertz CT molecular complexity index is 937. The number of aromatic nitrogens is 2. The lowest BCUT2D eigenvalue weighted by atomic mass is 10.1. The van der Waals surface area contributed by atoms with Gasteiger partial charge in [0.05, 0.1) is 18.2 Å². The van der Waals surface area contributed by atoms with Crippen molar-refractivity contribution < 1.29 is 14.0 Å². The molecule has 4 rings (SSSR count). The van der Waals surface area contributed by atoms with E-state index in [2.05, 4.69) is 15.3 Å². The Hall–Kier alpha value is -3.22. The molecule has 0 aliphatic carbocycles. The number of nitrogens with zero attached hydrogens (tertiary/aromatic N) is 3. The molecule has 2 aromatic heterocycles. The normalized spacial score (nSPS) is 16.6. The number of nitrogens with one attached hydrogen (secondary N) is 1. The molecule has 3 aromatic rings. The van der Waals surface area contributed by atoms with Crippen molar-refractivity contribution in [1.82, 2.24) is 20.2 Å². The van der Waals surface area contributed by atoms with Gasteiger partial charge >= 0.3 is 0 Å². The van der Waals surface area contributed by atoms with Gasteiger partial charge in [0.2, 0.25) is 11.8 Å². The fraction of sp³-hybridized carbons (Fsp3) is 0.333. The van der Waals surface area contributed by atoms with Crippen LogP contribution in [0.4, 0.5) is 0 Å². The van der Waals surface area contributed by atoms with E-state index in [1.807, 2.05) is 42.5 Å². The minimum atomic E-state index is -0.305. The summed E-state index contributed by atoms with van der Waals surface area (Å²) in [6.45, 7) is 1.41. The highest BCUT2D eigenvalue weighted by atomic mass is 16.3. The molecule has 7 nitrogen and oxygen atoms in total. The zero-order valence-electron chi connectivity index (χ0n) is 15.5. The van der Waals surface area contributed by atoms with Crippen LogP contribution in [0.5, 0.6) is 0 Å². The standard InChI is InChI=1S/C21H22N4O3/c26-20-12-15(13-25(20)14-16-6-3-4-10-22-16)21(27)23-11-5-9-19-24-17-7-1-2-8-18(17)28-19/h1-4,6-8,10,15H,5,9,11-14H2,(H,23,27)/t15-/m1/s1. The number of fused-ring (bicyclic) bond motifs is 1. The van der Waals surface area contributed by atoms with Crippen molar-refractivity contribution in [2.24, 2.45) is 5.92 Å². The van der Waals surface area contributed by atoms with Gasteiger partial charge in [-0.05, 0) is 30.7 Å². The molecular weight excluding hydrogens is 356 g/mol. The predicted molar refractivity (Wildman–Crippen MR) is 103 cm³/mol. The Morgan fingerprint density at radius 3 is 2.89 bits per heavy atom. The highest BCUT2D eigenvalue weighted by Crippen LogP contribution is 2.20. The lowest BCUT2D eigenvalue weighted by molar-refractivity contribution is -0.129. The third-order valence-corrected chi connectivity index (χ3v) is 4.87. The number of pyridine rings is 1. The minimum Gasteiger partial charge on any atom is -0.441 e. The van der Waals surface area contributed by atoms with Crippen LogP contribution >= 0.6 is 0 Å². The summed E-state index contributed by atoms with van der Waals surface area (Å²) in [5.74, 6) is 0.292. The first-order chi connectivity index (χ1) is 13.7. The number of rotatable bonds is 7. The average Bonchev–Trinajstić information content (AvgIpc) is 3.29. The maximum atomic E-state index is 12.4. The van der Waals surface area contributed by atoms with E-state index in [4.69, 9.17) is 4.42 Å². The molecule has 144 valence electrons. The second kappa shape index (κ2) is 8.21. The summed E-state index contributed by atoms with van der Waals surface area (Å²) >= 11 is 0. The van der Waals surface area contributed by atoms with Gasteiger partial charge in [-0.1, -0.05) is 18.2 Å². The van der Waals surface area contributed by atoms with Crippen LogP contribution in [-0.2, 0) is 22.6 Å². The second-order valence-corrected chi connectivity index (χ2v) is 6.97. The lowest BCUT2D eigenvalue weighted by Crippen LogP contribution is -2.33. The van der Waals surface area contributed by atoms with Gasteiger partial charge in [0.25, 0.3) is 0 Å². The van der Waals surface area contributed by atoms with Gasteiger partial charge in [0, 0.05) is 32.1 Å². The van der Waals surface area contributed by atoms with Crippen LogP contribution in [0.1, 0.15) is 24.4 Å². The summed E-state index contributed by atoms with van der Waals surface area (Å²) in [7, 11) is 0. The zero-order valence-corrected chi connectivity index (χ0v) is 15.5. The molecule has 1 atom stereocenters. The average molecular weight is 378 g/mol. The quantitative estimate of drug-likeness (QED) is 0.638. The summed E-state index contributed by atoms with van der Waals surface area (Å²) in [5.41, 5.74) is 2.45. The number of likely N-dealkylation sites (tertiary alicyclic amines) is 1. The van der Waals surface area contributed by atoms with Crippen LogP contribution in [0.25, 0.3) is 11.1 Å². The van der Waals surface area contributed by atoms with Crippen molar-refractivity contribution in [2.45, 2.75) is 25.8 Å². The maximum Gasteiger partial charge on any atom is 0.225 e. The molecule has 1 aromatic carbocycles. The van der Waals surface area contributed by atoms with Crippen LogP contribution in [0.2, 0.25) is 0 Å². The number of oxazole rings is 1. The fourth-order valence-electron chi connectivity index (χ4n) is 3.41. The molecule has 0 unspecified atom stereocenters. The second-order valence-electron chi connectivity index (χ2n) is 6.97. The number of aryl methyl sites for hydroxylation is 1. The molecule has 0 radical (unpaired) electrons. The predicted octanol–water partition coefficient (Wildman–Crippen LogP) is 2.32. The molecule has 7 heteroatoms. The van der Waals surface area contributed by atoms with E-state index in [0.29, 0.717) is 31.9 Å². The summed E-state index contributed by atoms with van der Waals surface area (Å²) in [6, 6.07) is 13.3. The molecule has 1 saturated heterocycles. The molecule has 1 aliphatic heterocycles. The first kappa shape index (κ1) is 18.2. The van der Waals surface area contributed by atoms with Gasteiger partial charge in [0.1, 0.15) is 5.52 Å². The number of carbonyl (C=O) groups is 2. The third-order valence-electron chi connectivity index (χ3n) is 4.87. The van der Waals surface area contributed by atoms with Crippen molar-refractivity contribution in [1.29, 1.82) is 0 Å².